The summed E-state index contributed by atoms with van der Waals surface area (Å²) in [5.74, 6) is -0.443. The number of nitrogens with zero attached hydrogens (tertiary/aromatic N) is 1. The highest BCUT2D eigenvalue weighted by Crippen LogP contribution is 2.27. The van der Waals surface area contributed by atoms with E-state index in [0.29, 0.717) is 10.7 Å². The van der Waals surface area contributed by atoms with Gasteiger partial charge >= 0.3 is 0 Å². The fourth-order valence-corrected chi connectivity index (χ4v) is 3.12. The van der Waals surface area contributed by atoms with Crippen molar-refractivity contribution in [1.82, 2.24) is 4.72 Å². The van der Waals surface area contributed by atoms with Gasteiger partial charge in [0.05, 0.1) is 16.4 Å². The molecule has 1 amide bonds. The molecule has 0 saturated heterocycles. The Hall–Kier alpha value is -2.69. The zero-order valence-corrected chi connectivity index (χ0v) is 16.0. The monoisotopic (exact) mass is 412 g/mol. The molecule has 0 saturated carbocycles. The van der Waals surface area contributed by atoms with E-state index in [0.717, 1.165) is 11.6 Å². The van der Waals surface area contributed by atoms with Crippen LogP contribution in [0.5, 0.6) is 0 Å². The molecule has 0 aliphatic heterocycles. The van der Waals surface area contributed by atoms with Crippen LogP contribution in [0.1, 0.15) is 5.56 Å². The number of carbonyl (C=O) groups is 1. The third-order valence-corrected chi connectivity index (χ3v) is 5.31. The second-order valence-corrected chi connectivity index (χ2v) is 7.83. The second kappa shape index (κ2) is 8.33. The Labute approximate surface area is 160 Å². The molecular formula is C16H17ClN4O5S. The van der Waals surface area contributed by atoms with Crippen molar-refractivity contribution in [2.24, 2.45) is 0 Å². The molecule has 0 fully saturated rings. The van der Waals surface area contributed by atoms with Crippen LogP contribution < -0.4 is 15.4 Å². The van der Waals surface area contributed by atoms with Gasteiger partial charge < -0.3 is 10.6 Å². The largest absolute Gasteiger partial charge is 0.371 e. The van der Waals surface area contributed by atoms with Crippen LogP contribution in [0.3, 0.4) is 0 Å². The maximum atomic E-state index is 12.1. The zero-order valence-electron chi connectivity index (χ0n) is 14.4. The number of halogens is 1. The average Bonchev–Trinajstić information content (AvgIpc) is 2.62. The molecule has 144 valence electrons. The van der Waals surface area contributed by atoms with Crippen molar-refractivity contribution in [3.8, 4) is 0 Å². The molecule has 0 aliphatic carbocycles. The van der Waals surface area contributed by atoms with Crippen LogP contribution in [0.15, 0.2) is 41.3 Å². The predicted molar refractivity (Wildman–Crippen MR) is 103 cm³/mol. The number of nitro benzene ring substituents is 1. The lowest BCUT2D eigenvalue weighted by Crippen LogP contribution is -2.23. The molecule has 0 spiro atoms. The summed E-state index contributed by atoms with van der Waals surface area (Å²) in [5.41, 5.74) is 0.894. The number of aryl methyl sites for hydroxylation is 1. The van der Waals surface area contributed by atoms with Crippen molar-refractivity contribution in [1.29, 1.82) is 0 Å². The Balaban J connectivity index is 2.16. The van der Waals surface area contributed by atoms with Crippen molar-refractivity contribution in [3.05, 3.63) is 57.1 Å². The Morgan fingerprint density at radius 3 is 2.52 bits per heavy atom. The number of benzene rings is 2. The van der Waals surface area contributed by atoms with Gasteiger partial charge in [-0.15, -0.1) is 0 Å². The number of carbonyl (C=O) groups excluding carboxylic acids is 1. The first kappa shape index (κ1) is 20.6. The van der Waals surface area contributed by atoms with Crippen LogP contribution in [0.25, 0.3) is 0 Å². The van der Waals surface area contributed by atoms with E-state index in [4.69, 9.17) is 11.6 Å². The summed E-state index contributed by atoms with van der Waals surface area (Å²) < 4.78 is 25.7. The Morgan fingerprint density at radius 2 is 1.89 bits per heavy atom. The average molecular weight is 413 g/mol. The lowest BCUT2D eigenvalue weighted by molar-refractivity contribution is -0.384. The molecule has 27 heavy (non-hydrogen) atoms. The summed E-state index contributed by atoms with van der Waals surface area (Å²) in [5, 5.41) is 17.0. The molecule has 9 nitrogen and oxygen atoms in total. The minimum atomic E-state index is -3.83. The van der Waals surface area contributed by atoms with E-state index in [2.05, 4.69) is 15.4 Å². The lowest BCUT2D eigenvalue weighted by Gasteiger charge is -2.11. The maximum absolute atomic E-state index is 12.1. The molecule has 0 radical (unpaired) electrons. The summed E-state index contributed by atoms with van der Waals surface area (Å²) in [4.78, 5) is 22.4. The zero-order chi connectivity index (χ0) is 20.2. The van der Waals surface area contributed by atoms with Crippen molar-refractivity contribution in [2.75, 3.05) is 24.2 Å². The number of nitro groups is 1. The molecule has 0 heterocycles. The van der Waals surface area contributed by atoms with Gasteiger partial charge in [-0.3, -0.25) is 14.9 Å². The second-order valence-electron chi connectivity index (χ2n) is 5.50. The van der Waals surface area contributed by atoms with E-state index < -0.39 is 26.5 Å². The van der Waals surface area contributed by atoms with E-state index in [-0.39, 0.29) is 17.1 Å². The number of amides is 1. The number of anilines is 2. The number of hydrogen-bond donors (Lipinski definition) is 3. The van der Waals surface area contributed by atoms with Gasteiger partial charge in [-0.25, -0.2) is 13.1 Å². The van der Waals surface area contributed by atoms with Crippen molar-refractivity contribution in [3.63, 3.8) is 0 Å². The molecule has 0 aliphatic rings. The fourth-order valence-electron chi connectivity index (χ4n) is 2.20. The first-order chi connectivity index (χ1) is 12.6. The number of nitrogens with one attached hydrogen (secondary N) is 3. The lowest BCUT2D eigenvalue weighted by atomic mass is 10.2. The smallest absolute Gasteiger partial charge is 0.293 e. The van der Waals surface area contributed by atoms with Crippen molar-refractivity contribution in [2.45, 2.75) is 11.8 Å². The van der Waals surface area contributed by atoms with Crippen LogP contribution in [-0.2, 0) is 14.8 Å². The normalized spacial score (nSPS) is 11.1. The number of hydrogen-bond acceptors (Lipinski definition) is 6. The van der Waals surface area contributed by atoms with Gasteiger partial charge in [-0.05, 0) is 43.8 Å². The van der Waals surface area contributed by atoms with Gasteiger partial charge in [0, 0.05) is 16.8 Å². The first-order valence-corrected chi connectivity index (χ1v) is 9.52. The molecule has 0 bridgehead atoms. The summed E-state index contributed by atoms with van der Waals surface area (Å²) in [6.07, 6.45) is 0. The number of sulfonamides is 1. The Bertz CT molecular complexity index is 994. The van der Waals surface area contributed by atoms with Crippen LogP contribution in [0.2, 0.25) is 5.02 Å². The summed E-state index contributed by atoms with van der Waals surface area (Å²) in [7, 11) is -2.62. The van der Waals surface area contributed by atoms with E-state index in [1.807, 2.05) is 0 Å². The molecule has 2 aromatic carbocycles. The van der Waals surface area contributed by atoms with Gasteiger partial charge in [0.2, 0.25) is 15.9 Å². The fraction of sp³-hybridized carbons (Fsp3) is 0.188. The van der Waals surface area contributed by atoms with E-state index >= 15 is 0 Å². The van der Waals surface area contributed by atoms with Gasteiger partial charge in [-0.2, -0.15) is 0 Å². The minimum Gasteiger partial charge on any atom is -0.371 e. The molecule has 11 heteroatoms. The van der Waals surface area contributed by atoms with Gasteiger partial charge in [0.1, 0.15) is 5.69 Å². The van der Waals surface area contributed by atoms with E-state index in [1.54, 1.807) is 25.1 Å². The predicted octanol–water partition coefficient (Wildman–Crippen LogP) is 2.52. The molecular weight excluding hydrogens is 396 g/mol. The topological polar surface area (TPSA) is 130 Å². The maximum Gasteiger partial charge on any atom is 0.293 e. The third-order valence-electron chi connectivity index (χ3n) is 3.66. The molecule has 0 unspecified atom stereocenters. The summed E-state index contributed by atoms with van der Waals surface area (Å²) in [6.45, 7) is 1.54. The van der Waals surface area contributed by atoms with Crippen LogP contribution in [0.4, 0.5) is 17.1 Å². The SMILES string of the molecule is CNS(=O)(=O)c1ccc(NCC(=O)Nc2cc(Cl)ccc2C)c([N+](=O)[O-])c1. The van der Waals surface area contributed by atoms with E-state index in [1.165, 1.54) is 19.2 Å². The summed E-state index contributed by atoms with van der Waals surface area (Å²) >= 11 is 5.90. The summed E-state index contributed by atoms with van der Waals surface area (Å²) in [6, 6.07) is 8.40. The molecule has 3 N–H and O–H groups in total. The third kappa shape index (κ3) is 5.16. The Kier molecular flexibility index (Phi) is 6.37. The van der Waals surface area contributed by atoms with Crippen molar-refractivity contribution >= 4 is 44.6 Å². The highest BCUT2D eigenvalue weighted by atomic mass is 35.5. The number of rotatable bonds is 7. The van der Waals surface area contributed by atoms with Gasteiger partial charge in [0.25, 0.3) is 5.69 Å². The minimum absolute atomic E-state index is 0.0213. The quantitative estimate of drug-likeness (QED) is 0.473. The van der Waals surface area contributed by atoms with Crippen LogP contribution in [0, 0.1) is 17.0 Å². The van der Waals surface area contributed by atoms with Gasteiger partial charge in [0.15, 0.2) is 0 Å². The molecule has 0 aromatic heterocycles. The van der Waals surface area contributed by atoms with Crippen LogP contribution in [-0.4, -0.2) is 32.8 Å². The van der Waals surface area contributed by atoms with Crippen LogP contribution >= 0.6 is 11.6 Å². The Morgan fingerprint density at radius 1 is 1.19 bits per heavy atom. The molecule has 0 atom stereocenters. The first-order valence-electron chi connectivity index (χ1n) is 7.66. The molecule has 2 aromatic rings. The van der Waals surface area contributed by atoms with E-state index in [9.17, 15) is 23.3 Å². The highest BCUT2D eigenvalue weighted by molar-refractivity contribution is 7.89. The highest BCUT2D eigenvalue weighted by Gasteiger charge is 2.20. The van der Waals surface area contributed by atoms with Gasteiger partial charge in [-0.1, -0.05) is 17.7 Å². The molecule has 2 rings (SSSR count). The van der Waals surface area contributed by atoms with Crippen molar-refractivity contribution < 1.29 is 18.1 Å². The standard InChI is InChI=1S/C16H17ClN4O5S/c1-10-3-4-11(17)7-14(10)20-16(22)9-19-13-6-5-12(27(25,26)18-2)8-15(13)21(23)24/h3-8,18-19H,9H2,1-2H3,(H,20,22).